The highest BCUT2D eigenvalue weighted by Gasteiger charge is 2.06. The van der Waals surface area contributed by atoms with E-state index < -0.39 is 0 Å². The van der Waals surface area contributed by atoms with Crippen LogP contribution < -0.4 is 5.32 Å². The zero-order valence-electron chi connectivity index (χ0n) is 11.8. The summed E-state index contributed by atoms with van der Waals surface area (Å²) in [6.45, 7) is 8.96. The summed E-state index contributed by atoms with van der Waals surface area (Å²) in [5.41, 5.74) is 2.32. The molecule has 0 aromatic carbocycles. The Hall–Kier alpha value is -0.970. The van der Waals surface area contributed by atoms with Gasteiger partial charge in [0.15, 0.2) is 0 Å². The zero-order valence-corrected chi connectivity index (χ0v) is 12.7. The Labute approximate surface area is 119 Å². The van der Waals surface area contributed by atoms with Gasteiger partial charge in [-0.2, -0.15) is 0 Å². The van der Waals surface area contributed by atoms with Crippen LogP contribution in [0.1, 0.15) is 32.4 Å². The lowest BCUT2D eigenvalue weighted by Gasteiger charge is -2.14. The van der Waals surface area contributed by atoms with Crippen LogP contribution in [0.3, 0.4) is 0 Å². The molecule has 2 aromatic rings. The highest BCUT2D eigenvalue weighted by atomic mass is 32.1. The lowest BCUT2D eigenvalue weighted by molar-refractivity contribution is 0.110. The predicted molar refractivity (Wildman–Crippen MR) is 81.7 cm³/mol. The molecule has 0 aliphatic heterocycles. The summed E-state index contributed by atoms with van der Waals surface area (Å²) >= 11 is 1.74. The van der Waals surface area contributed by atoms with Crippen LogP contribution in [0.4, 0.5) is 0 Å². The van der Waals surface area contributed by atoms with Gasteiger partial charge in [0.2, 0.25) is 0 Å². The predicted octanol–water partition coefficient (Wildman–Crippen LogP) is 3.62. The molecule has 3 nitrogen and oxygen atoms in total. The van der Waals surface area contributed by atoms with E-state index in [1.807, 2.05) is 6.20 Å². The van der Waals surface area contributed by atoms with Gasteiger partial charge in [0.25, 0.3) is 0 Å². The molecule has 0 spiro atoms. The molecule has 1 unspecified atom stereocenters. The van der Waals surface area contributed by atoms with Crippen LogP contribution in [0, 0.1) is 5.92 Å². The number of nitrogens with one attached hydrogen (secondary N) is 1. The number of thiophene rings is 1. The van der Waals surface area contributed by atoms with Crippen molar-refractivity contribution in [1.29, 1.82) is 0 Å². The fraction of sp³-hybridized carbons (Fsp3) is 0.533. The van der Waals surface area contributed by atoms with Crippen LogP contribution in [-0.4, -0.2) is 24.7 Å². The average molecular weight is 278 g/mol. The van der Waals surface area contributed by atoms with Crippen molar-refractivity contribution in [1.82, 2.24) is 10.3 Å². The molecule has 0 saturated heterocycles. The molecule has 0 fully saturated rings. The highest BCUT2D eigenvalue weighted by Crippen LogP contribution is 2.22. The van der Waals surface area contributed by atoms with Gasteiger partial charge in [0, 0.05) is 25.4 Å². The van der Waals surface area contributed by atoms with E-state index in [1.165, 1.54) is 10.3 Å². The van der Waals surface area contributed by atoms with Gasteiger partial charge in [-0.15, -0.1) is 11.3 Å². The van der Waals surface area contributed by atoms with Crippen molar-refractivity contribution in [2.24, 2.45) is 5.92 Å². The monoisotopic (exact) mass is 278 g/mol. The number of nitrogens with zero attached hydrogens (tertiary/aromatic N) is 1. The molecule has 0 amide bonds. The van der Waals surface area contributed by atoms with E-state index >= 15 is 0 Å². The van der Waals surface area contributed by atoms with Gasteiger partial charge in [0.1, 0.15) is 0 Å². The summed E-state index contributed by atoms with van der Waals surface area (Å²) in [4.78, 5) is 4.47. The Morgan fingerprint density at radius 3 is 3.00 bits per heavy atom. The quantitative estimate of drug-likeness (QED) is 0.785. The van der Waals surface area contributed by atoms with Crippen LogP contribution in [0.2, 0.25) is 0 Å². The number of ether oxygens (including phenoxy) is 1. The van der Waals surface area contributed by atoms with Crippen LogP contribution in [-0.2, 0) is 4.74 Å². The molecule has 0 aliphatic carbocycles. The summed E-state index contributed by atoms with van der Waals surface area (Å²) in [5.74, 6) is 0.600. The van der Waals surface area contributed by atoms with Crippen molar-refractivity contribution in [2.75, 3.05) is 19.8 Å². The maximum absolute atomic E-state index is 5.56. The minimum absolute atomic E-state index is 0.307. The maximum atomic E-state index is 5.56. The van der Waals surface area contributed by atoms with Crippen LogP contribution in [0.15, 0.2) is 23.7 Å². The van der Waals surface area contributed by atoms with Gasteiger partial charge in [-0.25, -0.2) is 0 Å². The normalized spacial score (nSPS) is 13.3. The number of pyridine rings is 1. The molecule has 2 rings (SSSR count). The van der Waals surface area contributed by atoms with Crippen molar-refractivity contribution in [2.45, 2.75) is 26.8 Å². The fourth-order valence-corrected chi connectivity index (χ4v) is 2.67. The third kappa shape index (κ3) is 4.27. The van der Waals surface area contributed by atoms with Crippen molar-refractivity contribution >= 4 is 21.6 Å². The summed E-state index contributed by atoms with van der Waals surface area (Å²) in [7, 11) is 0. The van der Waals surface area contributed by atoms with Gasteiger partial charge in [0.05, 0.1) is 16.8 Å². The zero-order chi connectivity index (χ0) is 13.7. The molecule has 1 atom stereocenters. The van der Waals surface area contributed by atoms with E-state index in [4.69, 9.17) is 4.74 Å². The molecule has 2 heterocycles. The molecule has 19 heavy (non-hydrogen) atoms. The Kier molecular flexibility index (Phi) is 5.31. The van der Waals surface area contributed by atoms with Crippen LogP contribution >= 0.6 is 11.3 Å². The van der Waals surface area contributed by atoms with Crippen LogP contribution in [0.25, 0.3) is 10.2 Å². The Morgan fingerprint density at radius 1 is 1.37 bits per heavy atom. The van der Waals surface area contributed by atoms with Crippen molar-refractivity contribution in [3.63, 3.8) is 0 Å². The van der Waals surface area contributed by atoms with E-state index in [0.717, 1.165) is 25.3 Å². The summed E-state index contributed by atoms with van der Waals surface area (Å²) in [6, 6.07) is 4.59. The Balaban J connectivity index is 1.80. The van der Waals surface area contributed by atoms with E-state index in [1.54, 1.807) is 11.3 Å². The van der Waals surface area contributed by atoms with Gasteiger partial charge >= 0.3 is 0 Å². The first-order chi connectivity index (χ1) is 9.16. The molecular weight excluding hydrogens is 256 g/mol. The summed E-state index contributed by atoms with van der Waals surface area (Å²) < 4.78 is 6.82. The number of hydrogen-bond donors (Lipinski definition) is 1. The second kappa shape index (κ2) is 6.98. The van der Waals surface area contributed by atoms with Gasteiger partial charge in [-0.1, -0.05) is 13.8 Å². The molecule has 0 radical (unpaired) electrons. The van der Waals surface area contributed by atoms with E-state index in [2.05, 4.69) is 48.6 Å². The first-order valence-corrected chi connectivity index (χ1v) is 7.69. The second-order valence-electron chi connectivity index (χ2n) is 5.22. The first-order valence-electron chi connectivity index (χ1n) is 6.81. The smallest absolute Gasteiger partial charge is 0.0809 e. The molecular formula is C15H22N2OS. The summed E-state index contributed by atoms with van der Waals surface area (Å²) in [6.07, 6.45) is 1.96. The molecule has 104 valence electrons. The van der Waals surface area contributed by atoms with Crippen molar-refractivity contribution < 1.29 is 4.74 Å². The minimum Gasteiger partial charge on any atom is -0.380 e. The SMILES string of the molecule is CC(C)COCCNC(C)c1cnc2ccsc2c1. The largest absolute Gasteiger partial charge is 0.380 e. The third-order valence-corrected chi connectivity index (χ3v) is 3.83. The van der Waals surface area contributed by atoms with Crippen molar-refractivity contribution in [3.05, 3.63) is 29.3 Å². The van der Waals surface area contributed by atoms with E-state index in [0.29, 0.717) is 12.0 Å². The third-order valence-electron chi connectivity index (χ3n) is 2.97. The topological polar surface area (TPSA) is 34.1 Å². The average Bonchev–Trinajstić information content (AvgIpc) is 2.84. The maximum Gasteiger partial charge on any atom is 0.0809 e. The lowest BCUT2D eigenvalue weighted by atomic mass is 10.1. The van der Waals surface area contributed by atoms with E-state index in [9.17, 15) is 0 Å². The van der Waals surface area contributed by atoms with Gasteiger partial charge < -0.3 is 10.1 Å². The number of aromatic nitrogens is 1. The van der Waals surface area contributed by atoms with Crippen molar-refractivity contribution in [3.8, 4) is 0 Å². The molecule has 0 saturated carbocycles. The second-order valence-corrected chi connectivity index (χ2v) is 6.16. The van der Waals surface area contributed by atoms with E-state index in [-0.39, 0.29) is 0 Å². The molecule has 0 bridgehead atoms. The highest BCUT2D eigenvalue weighted by molar-refractivity contribution is 7.17. The molecule has 0 aliphatic rings. The van der Waals surface area contributed by atoms with Crippen LogP contribution in [0.5, 0.6) is 0 Å². The summed E-state index contributed by atoms with van der Waals surface area (Å²) in [5, 5.41) is 5.55. The molecule has 2 aromatic heterocycles. The lowest BCUT2D eigenvalue weighted by Crippen LogP contribution is -2.24. The Bertz CT molecular complexity index is 510. The molecule has 4 heteroatoms. The standard InChI is InChI=1S/C15H22N2OS/c1-11(2)10-18-6-5-16-12(3)13-8-15-14(17-9-13)4-7-19-15/h4,7-9,11-12,16H,5-6,10H2,1-3H3. The number of rotatable bonds is 7. The molecule has 1 N–H and O–H groups in total. The number of hydrogen-bond acceptors (Lipinski definition) is 4. The first kappa shape index (κ1) is 14.4. The minimum atomic E-state index is 0.307. The van der Waals surface area contributed by atoms with Gasteiger partial charge in [-0.3, -0.25) is 4.98 Å². The fourth-order valence-electron chi connectivity index (χ4n) is 1.88. The Morgan fingerprint density at radius 2 is 2.21 bits per heavy atom. The number of fused-ring (bicyclic) bond motifs is 1. The van der Waals surface area contributed by atoms with Gasteiger partial charge in [-0.05, 0) is 35.9 Å².